The number of aromatic nitrogens is 2. The minimum absolute atomic E-state index is 0.0967. The summed E-state index contributed by atoms with van der Waals surface area (Å²) in [6.45, 7) is 3.17. The van der Waals surface area contributed by atoms with Crippen molar-refractivity contribution in [3.05, 3.63) is 54.4 Å². The first-order valence-electron chi connectivity index (χ1n) is 8.88. The zero-order chi connectivity index (χ0) is 19.1. The van der Waals surface area contributed by atoms with E-state index in [2.05, 4.69) is 10.3 Å². The number of rotatable bonds is 9. The quantitative estimate of drug-likeness (QED) is 0.565. The summed E-state index contributed by atoms with van der Waals surface area (Å²) in [6, 6.07) is 14.8. The van der Waals surface area contributed by atoms with E-state index in [4.69, 9.17) is 9.47 Å². The van der Waals surface area contributed by atoms with Gasteiger partial charge < -0.3 is 24.5 Å². The zero-order valence-electron chi connectivity index (χ0n) is 15.2. The Balaban J connectivity index is 1.49. The molecule has 0 aliphatic carbocycles. The van der Waals surface area contributed by atoms with Crippen molar-refractivity contribution in [1.29, 1.82) is 0 Å². The number of ether oxygens (including phenoxy) is 2. The molecule has 1 amide bonds. The van der Waals surface area contributed by atoms with E-state index in [0.717, 1.165) is 22.5 Å². The van der Waals surface area contributed by atoms with Crippen LogP contribution in [0.5, 0.6) is 11.5 Å². The van der Waals surface area contributed by atoms with Gasteiger partial charge in [0.25, 0.3) is 0 Å². The van der Waals surface area contributed by atoms with Gasteiger partial charge >= 0.3 is 0 Å². The van der Waals surface area contributed by atoms with Gasteiger partial charge in [-0.3, -0.25) is 4.79 Å². The van der Waals surface area contributed by atoms with E-state index < -0.39 is 0 Å². The second-order valence-corrected chi connectivity index (χ2v) is 5.86. The highest BCUT2D eigenvalue weighted by molar-refractivity contribution is 5.81. The number of aliphatic hydroxyl groups excluding tert-OH is 1. The van der Waals surface area contributed by atoms with Crippen LogP contribution in [0, 0.1) is 0 Å². The normalized spacial score (nSPS) is 10.7. The van der Waals surface area contributed by atoms with E-state index in [1.54, 1.807) is 4.57 Å². The molecule has 7 nitrogen and oxygen atoms in total. The molecule has 1 heterocycles. The molecule has 2 N–H and O–H groups in total. The van der Waals surface area contributed by atoms with Crippen LogP contribution in [0.15, 0.2) is 48.5 Å². The number of fused-ring (bicyclic) bond motifs is 1. The maximum Gasteiger partial charge on any atom is 0.240 e. The first-order chi connectivity index (χ1) is 13.2. The summed E-state index contributed by atoms with van der Waals surface area (Å²) in [5.41, 5.74) is 1.58. The SMILES string of the molecule is CCOc1ccc(OCCNC(=O)Cn2c(CO)nc3ccccc32)cc1. The standard InChI is InChI=1S/C20H23N3O4/c1-2-26-15-7-9-16(10-8-15)27-12-11-21-20(25)13-23-18-6-4-3-5-17(18)22-19(23)14-24/h3-10,24H,2,11-14H2,1H3,(H,21,25). The van der Waals surface area contributed by atoms with Crippen molar-refractivity contribution < 1.29 is 19.4 Å². The van der Waals surface area contributed by atoms with Gasteiger partial charge in [-0.15, -0.1) is 0 Å². The van der Waals surface area contributed by atoms with Crippen LogP contribution in [0.25, 0.3) is 11.0 Å². The van der Waals surface area contributed by atoms with E-state index in [-0.39, 0.29) is 19.1 Å². The minimum atomic E-state index is -0.219. The Morgan fingerprint density at radius 2 is 1.81 bits per heavy atom. The lowest BCUT2D eigenvalue weighted by Crippen LogP contribution is -2.31. The monoisotopic (exact) mass is 369 g/mol. The Morgan fingerprint density at radius 3 is 2.52 bits per heavy atom. The number of carbonyl (C=O) groups excluding carboxylic acids is 1. The summed E-state index contributed by atoms with van der Waals surface area (Å²) in [4.78, 5) is 16.6. The third-order valence-corrected chi connectivity index (χ3v) is 4.00. The Hall–Kier alpha value is -3.06. The molecule has 0 aliphatic heterocycles. The van der Waals surface area contributed by atoms with Gasteiger partial charge in [-0.2, -0.15) is 0 Å². The van der Waals surface area contributed by atoms with Crippen LogP contribution in [0.3, 0.4) is 0 Å². The van der Waals surface area contributed by atoms with Crippen LogP contribution >= 0.6 is 0 Å². The molecule has 1 aromatic heterocycles. The van der Waals surface area contributed by atoms with Gasteiger partial charge in [-0.1, -0.05) is 12.1 Å². The third-order valence-electron chi connectivity index (χ3n) is 4.00. The van der Waals surface area contributed by atoms with E-state index >= 15 is 0 Å². The number of nitrogens with zero attached hydrogens (tertiary/aromatic N) is 2. The molecule has 0 saturated carbocycles. The van der Waals surface area contributed by atoms with Crippen molar-refractivity contribution in [2.75, 3.05) is 19.8 Å². The summed E-state index contributed by atoms with van der Waals surface area (Å²) in [5, 5.41) is 12.3. The van der Waals surface area contributed by atoms with Gasteiger partial charge in [0.15, 0.2) is 0 Å². The lowest BCUT2D eigenvalue weighted by Gasteiger charge is -2.10. The minimum Gasteiger partial charge on any atom is -0.494 e. The number of nitrogens with one attached hydrogen (secondary N) is 1. The predicted octanol–water partition coefficient (Wildman–Crippen LogP) is 2.12. The summed E-state index contributed by atoms with van der Waals surface area (Å²) in [7, 11) is 0. The molecule has 0 fully saturated rings. The molecule has 2 aromatic carbocycles. The van der Waals surface area contributed by atoms with Crippen molar-refractivity contribution >= 4 is 16.9 Å². The Morgan fingerprint density at radius 1 is 1.11 bits per heavy atom. The molecule has 0 aliphatic rings. The Labute approximate surface area is 157 Å². The van der Waals surface area contributed by atoms with Gasteiger partial charge in [-0.05, 0) is 43.3 Å². The van der Waals surface area contributed by atoms with Crippen LogP contribution in [0.1, 0.15) is 12.7 Å². The van der Waals surface area contributed by atoms with Crippen LogP contribution in [-0.2, 0) is 17.9 Å². The van der Waals surface area contributed by atoms with Gasteiger partial charge in [-0.25, -0.2) is 4.98 Å². The average Bonchev–Trinajstić information content (AvgIpc) is 3.04. The molecule has 7 heteroatoms. The lowest BCUT2D eigenvalue weighted by atomic mass is 10.3. The summed E-state index contributed by atoms with van der Waals surface area (Å²) in [6.07, 6.45) is 0. The van der Waals surface area contributed by atoms with Gasteiger partial charge in [0, 0.05) is 0 Å². The smallest absolute Gasteiger partial charge is 0.240 e. The molecule has 0 unspecified atom stereocenters. The van der Waals surface area contributed by atoms with Crippen molar-refractivity contribution in [1.82, 2.24) is 14.9 Å². The summed E-state index contributed by atoms with van der Waals surface area (Å²) >= 11 is 0. The zero-order valence-corrected chi connectivity index (χ0v) is 15.2. The molecule has 142 valence electrons. The lowest BCUT2D eigenvalue weighted by molar-refractivity contribution is -0.121. The van der Waals surface area contributed by atoms with E-state index in [1.165, 1.54) is 0 Å². The number of imidazole rings is 1. The van der Waals surface area contributed by atoms with E-state index in [0.29, 0.717) is 25.6 Å². The second kappa shape index (κ2) is 9.05. The second-order valence-electron chi connectivity index (χ2n) is 5.86. The number of benzene rings is 2. The third kappa shape index (κ3) is 4.77. The highest BCUT2D eigenvalue weighted by atomic mass is 16.5. The number of hydrogen-bond donors (Lipinski definition) is 2. The molecule has 0 spiro atoms. The maximum absolute atomic E-state index is 12.2. The molecule has 0 atom stereocenters. The first-order valence-corrected chi connectivity index (χ1v) is 8.88. The molecule has 0 bridgehead atoms. The molecule has 0 saturated heterocycles. The van der Waals surface area contributed by atoms with Crippen LogP contribution < -0.4 is 14.8 Å². The molecule has 3 rings (SSSR count). The van der Waals surface area contributed by atoms with E-state index in [9.17, 15) is 9.90 Å². The number of para-hydroxylation sites is 2. The van der Waals surface area contributed by atoms with E-state index in [1.807, 2.05) is 55.5 Å². The van der Waals surface area contributed by atoms with Gasteiger partial charge in [0.05, 0.1) is 24.2 Å². The fourth-order valence-corrected chi connectivity index (χ4v) is 2.78. The Kier molecular flexibility index (Phi) is 6.27. The summed E-state index contributed by atoms with van der Waals surface area (Å²) in [5.74, 6) is 1.82. The number of aliphatic hydroxyl groups is 1. The van der Waals surface area contributed by atoms with Crippen molar-refractivity contribution in [3.63, 3.8) is 0 Å². The topological polar surface area (TPSA) is 85.6 Å². The molecule has 3 aromatic rings. The molecular weight excluding hydrogens is 346 g/mol. The molecule has 27 heavy (non-hydrogen) atoms. The van der Waals surface area contributed by atoms with Gasteiger partial charge in [0.2, 0.25) is 5.91 Å². The predicted molar refractivity (Wildman–Crippen MR) is 102 cm³/mol. The Bertz CT molecular complexity index is 890. The van der Waals surface area contributed by atoms with Crippen molar-refractivity contribution in [2.24, 2.45) is 0 Å². The fourth-order valence-electron chi connectivity index (χ4n) is 2.78. The number of amides is 1. The molecule has 0 radical (unpaired) electrons. The number of hydrogen-bond acceptors (Lipinski definition) is 5. The highest BCUT2D eigenvalue weighted by Crippen LogP contribution is 2.17. The first kappa shape index (κ1) is 18.7. The highest BCUT2D eigenvalue weighted by Gasteiger charge is 2.12. The largest absolute Gasteiger partial charge is 0.494 e. The fraction of sp³-hybridized carbons (Fsp3) is 0.300. The maximum atomic E-state index is 12.2. The summed E-state index contributed by atoms with van der Waals surface area (Å²) < 4.78 is 12.7. The average molecular weight is 369 g/mol. The molecular formula is C20H23N3O4. The number of carbonyl (C=O) groups is 1. The van der Waals surface area contributed by atoms with Gasteiger partial charge in [0.1, 0.15) is 37.1 Å². The van der Waals surface area contributed by atoms with Crippen LogP contribution in [0.4, 0.5) is 0 Å². The van der Waals surface area contributed by atoms with Crippen LogP contribution in [-0.4, -0.2) is 40.3 Å². The van der Waals surface area contributed by atoms with Crippen molar-refractivity contribution in [2.45, 2.75) is 20.1 Å². The van der Waals surface area contributed by atoms with Crippen LogP contribution in [0.2, 0.25) is 0 Å². The van der Waals surface area contributed by atoms with Crippen molar-refractivity contribution in [3.8, 4) is 11.5 Å².